The van der Waals surface area contributed by atoms with Crippen LogP contribution < -0.4 is 5.32 Å². The number of nitrogens with zero attached hydrogens (tertiary/aromatic N) is 1. The van der Waals surface area contributed by atoms with Crippen LogP contribution in [0.2, 0.25) is 5.02 Å². The van der Waals surface area contributed by atoms with Crippen molar-refractivity contribution in [2.45, 2.75) is 6.92 Å². The molecule has 0 bridgehead atoms. The Balaban J connectivity index is 2.87. The maximum absolute atomic E-state index is 10.8. The molecule has 0 saturated carbocycles. The van der Waals surface area contributed by atoms with Gasteiger partial charge in [-0.1, -0.05) is 24.6 Å². The van der Waals surface area contributed by atoms with Crippen LogP contribution in [0, 0.1) is 16.0 Å². The molecule has 0 saturated heterocycles. The molecule has 0 aliphatic rings. The lowest BCUT2D eigenvalue weighted by Crippen LogP contribution is -2.15. The second-order valence-electron chi connectivity index (χ2n) is 3.56. The first-order valence-electron chi connectivity index (χ1n) is 4.84. The lowest BCUT2D eigenvalue weighted by atomic mass is 10.2. The average Bonchev–Trinajstić information content (AvgIpc) is 2.25. The van der Waals surface area contributed by atoms with E-state index in [0.29, 0.717) is 12.2 Å². The van der Waals surface area contributed by atoms with Crippen molar-refractivity contribution in [3.05, 3.63) is 33.3 Å². The molecule has 0 heterocycles. The fourth-order valence-electron chi connectivity index (χ4n) is 1.19. The molecule has 0 aliphatic heterocycles. The van der Waals surface area contributed by atoms with Crippen molar-refractivity contribution in [3.63, 3.8) is 0 Å². The number of nitro benzene ring substituents is 1. The van der Waals surface area contributed by atoms with Crippen LogP contribution >= 0.6 is 11.6 Å². The Morgan fingerprint density at radius 2 is 2.31 bits per heavy atom. The second kappa shape index (κ2) is 5.67. The van der Waals surface area contributed by atoms with Gasteiger partial charge in [-0.25, -0.2) is 0 Å². The molecule has 0 fully saturated rings. The van der Waals surface area contributed by atoms with Crippen LogP contribution in [0.4, 0.5) is 11.4 Å². The minimum Gasteiger partial charge on any atom is -0.396 e. The van der Waals surface area contributed by atoms with Crippen LogP contribution in [-0.4, -0.2) is 23.2 Å². The van der Waals surface area contributed by atoms with Crippen molar-refractivity contribution < 1.29 is 10.0 Å². The van der Waals surface area contributed by atoms with Crippen molar-refractivity contribution in [1.82, 2.24) is 0 Å². The highest BCUT2D eigenvalue weighted by molar-refractivity contribution is 6.33. The summed E-state index contributed by atoms with van der Waals surface area (Å²) in [7, 11) is 0. The van der Waals surface area contributed by atoms with E-state index >= 15 is 0 Å². The Bertz CT molecular complexity index is 384. The van der Waals surface area contributed by atoms with Crippen molar-refractivity contribution >= 4 is 23.0 Å². The van der Waals surface area contributed by atoms with E-state index in [-0.39, 0.29) is 23.2 Å². The number of aliphatic hydroxyl groups is 1. The van der Waals surface area contributed by atoms with Gasteiger partial charge in [0, 0.05) is 13.2 Å². The zero-order valence-corrected chi connectivity index (χ0v) is 9.57. The standard InChI is InChI=1S/C10H13ClN2O3/c1-7(6-14)5-12-9-4-2-3-8(11)10(9)13(15)16/h2-4,7,12,14H,5-6H2,1H3. The number of anilines is 1. The molecule has 0 radical (unpaired) electrons. The van der Waals surface area contributed by atoms with Crippen LogP contribution in [0.25, 0.3) is 0 Å². The molecule has 88 valence electrons. The minimum absolute atomic E-state index is 0.0265. The summed E-state index contributed by atoms with van der Waals surface area (Å²) in [6.07, 6.45) is 0. The number of hydrogen-bond donors (Lipinski definition) is 2. The normalized spacial score (nSPS) is 12.2. The molecule has 0 amide bonds. The molecule has 0 aromatic heterocycles. The van der Waals surface area contributed by atoms with Gasteiger partial charge in [0.05, 0.1) is 4.92 Å². The smallest absolute Gasteiger partial charge is 0.310 e. The SMILES string of the molecule is CC(CO)CNc1cccc(Cl)c1[N+](=O)[O-]. The third-order valence-electron chi connectivity index (χ3n) is 2.12. The van der Waals surface area contributed by atoms with Crippen molar-refractivity contribution in [1.29, 1.82) is 0 Å². The Hall–Kier alpha value is -1.33. The molecule has 1 atom stereocenters. The van der Waals surface area contributed by atoms with Gasteiger partial charge < -0.3 is 10.4 Å². The largest absolute Gasteiger partial charge is 0.396 e. The fraction of sp³-hybridized carbons (Fsp3) is 0.400. The van der Waals surface area contributed by atoms with Gasteiger partial charge in [-0.2, -0.15) is 0 Å². The molecular formula is C10H13ClN2O3. The van der Waals surface area contributed by atoms with Crippen molar-refractivity contribution in [3.8, 4) is 0 Å². The lowest BCUT2D eigenvalue weighted by molar-refractivity contribution is -0.383. The highest BCUT2D eigenvalue weighted by Gasteiger charge is 2.18. The molecule has 2 N–H and O–H groups in total. The molecule has 1 aromatic carbocycles. The summed E-state index contributed by atoms with van der Waals surface area (Å²) in [4.78, 5) is 10.3. The molecule has 5 nitrogen and oxygen atoms in total. The maximum atomic E-state index is 10.8. The van der Waals surface area contributed by atoms with Crippen LogP contribution in [-0.2, 0) is 0 Å². The molecule has 1 rings (SSSR count). The third-order valence-corrected chi connectivity index (χ3v) is 2.43. The van der Waals surface area contributed by atoms with E-state index in [1.165, 1.54) is 6.07 Å². The Kier molecular flexibility index (Phi) is 4.52. The fourth-order valence-corrected chi connectivity index (χ4v) is 1.44. The lowest BCUT2D eigenvalue weighted by Gasteiger charge is -2.11. The van der Waals surface area contributed by atoms with Crippen LogP contribution in [0.15, 0.2) is 18.2 Å². The summed E-state index contributed by atoms with van der Waals surface area (Å²) >= 11 is 5.74. The number of para-hydroxylation sites is 1. The van der Waals surface area contributed by atoms with Crippen LogP contribution in [0.1, 0.15) is 6.92 Å². The maximum Gasteiger partial charge on any atom is 0.310 e. The molecular weight excluding hydrogens is 232 g/mol. The number of rotatable bonds is 5. The second-order valence-corrected chi connectivity index (χ2v) is 3.97. The van der Waals surface area contributed by atoms with Crippen LogP contribution in [0.3, 0.4) is 0 Å². The van der Waals surface area contributed by atoms with E-state index in [2.05, 4.69) is 5.32 Å². The zero-order valence-electron chi connectivity index (χ0n) is 8.81. The van der Waals surface area contributed by atoms with Gasteiger partial charge >= 0.3 is 5.69 Å². The minimum atomic E-state index is -0.520. The Labute approximate surface area is 98.2 Å². The third kappa shape index (κ3) is 3.08. The quantitative estimate of drug-likeness (QED) is 0.616. The summed E-state index contributed by atoms with van der Waals surface area (Å²) < 4.78 is 0. The number of aliphatic hydroxyl groups excluding tert-OH is 1. The van der Waals surface area contributed by atoms with Crippen LogP contribution in [0.5, 0.6) is 0 Å². The first-order valence-corrected chi connectivity index (χ1v) is 5.21. The Morgan fingerprint density at radius 1 is 1.62 bits per heavy atom. The first-order chi connectivity index (χ1) is 7.56. The summed E-state index contributed by atoms with van der Waals surface area (Å²) in [5.74, 6) is 0.0265. The molecule has 6 heteroatoms. The zero-order chi connectivity index (χ0) is 12.1. The number of nitro groups is 1. The molecule has 1 unspecified atom stereocenters. The number of hydrogen-bond acceptors (Lipinski definition) is 4. The number of nitrogens with one attached hydrogen (secondary N) is 1. The molecule has 0 aliphatic carbocycles. The van der Waals surface area contributed by atoms with E-state index in [1.54, 1.807) is 12.1 Å². The van der Waals surface area contributed by atoms with E-state index in [0.717, 1.165) is 0 Å². The number of benzene rings is 1. The Morgan fingerprint density at radius 3 is 2.88 bits per heavy atom. The number of halogens is 1. The predicted molar refractivity (Wildman–Crippen MR) is 62.8 cm³/mol. The predicted octanol–water partition coefficient (Wildman–Crippen LogP) is 2.29. The van der Waals surface area contributed by atoms with E-state index in [9.17, 15) is 10.1 Å². The van der Waals surface area contributed by atoms with Gasteiger partial charge in [0.1, 0.15) is 10.7 Å². The first kappa shape index (κ1) is 12.7. The summed E-state index contributed by atoms with van der Waals surface area (Å²) in [6, 6.07) is 4.70. The van der Waals surface area contributed by atoms with Gasteiger partial charge in [0.25, 0.3) is 0 Å². The molecule has 16 heavy (non-hydrogen) atoms. The molecule has 0 spiro atoms. The summed E-state index contributed by atoms with van der Waals surface area (Å²) in [6.45, 7) is 2.32. The molecule has 1 aromatic rings. The van der Waals surface area contributed by atoms with Crippen molar-refractivity contribution in [2.75, 3.05) is 18.5 Å². The monoisotopic (exact) mass is 244 g/mol. The average molecular weight is 245 g/mol. The highest BCUT2D eigenvalue weighted by Crippen LogP contribution is 2.32. The van der Waals surface area contributed by atoms with Crippen molar-refractivity contribution in [2.24, 2.45) is 5.92 Å². The van der Waals surface area contributed by atoms with Gasteiger partial charge in [0.2, 0.25) is 0 Å². The summed E-state index contributed by atoms with van der Waals surface area (Å²) in [5.41, 5.74) is 0.243. The van der Waals surface area contributed by atoms with E-state index in [1.807, 2.05) is 6.92 Å². The van der Waals surface area contributed by atoms with Gasteiger partial charge in [-0.15, -0.1) is 0 Å². The van der Waals surface area contributed by atoms with Gasteiger partial charge in [-0.3, -0.25) is 10.1 Å². The van der Waals surface area contributed by atoms with Gasteiger partial charge in [-0.05, 0) is 18.1 Å². The van der Waals surface area contributed by atoms with E-state index in [4.69, 9.17) is 16.7 Å². The topological polar surface area (TPSA) is 75.4 Å². The van der Waals surface area contributed by atoms with E-state index < -0.39 is 4.92 Å². The highest BCUT2D eigenvalue weighted by atomic mass is 35.5. The summed E-state index contributed by atoms with van der Waals surface area (Å²) in [5, 5.41) is 22.6. The van der Waals surface area contributed by atoms with Gasteiger partial charge in [0.15, 0.2) is 0 Å².